The summed E-state index contributed by atoms with van der Waals surface area (Å²) in [7, 11) is 0. The zero-order chi connectivity index (χ0) is 16.4. The molecule has 2 aliphatic heterocycles. The molecule has 0 unspecified atom stereocenters. The number of piperazine rings is 1. The number of hydrogen-bond acceptors (Lipinski definition) is 5. The summed E-state index contributed by atoms with van der Waals surface area (Å²) in [5, 5.41) is 1.04. The number of carbonyl (C=O) groups is 1. The number of pyridine rings is 1. The van der Waals surface area contributed by atoms with Gasteiger partial charge >= 0.3 is 0 Å². The molecule has 2 aliphatic rings. The van der Waals surface area contributed by atoms with Crippen molar-refractivity contribution in [1.82, 2.24) is 9.88 Å². The van der Waals surface area contributed by atoms with Gasteiger partial charge in [-0.15, -0.1) is 0 Å². The Balaban J connectivity index is 1.57. The summed E-state index contributed by atoms with van der Waals surface area (Å²) >= 11 is 12.1. The molecule has 6 nitrogen and oxygen atoms in total. The van der Waals surface area contributed by atoms with Crippen molar-refractivity contribution in [2.75, 3.05) is 37.6 Å². The van der Waals surface area contributed by atoms with E-state index in [9.17, 15) is 4.79 Å². The van der Waals surface area contributed by atoms with Crippen LogP contribution in [0, 0.1) is 0 Å². The van der Waals surface area contributed by atoms with Crippen LogP contribution in [0.3, 0.4) is 0 Å². The van der Waals surface area contributed by atoms with Gasteiger partial charge in [-0.25, -0.2) is 4.98 Å². The molecule has 0 saturated carbocycles. The van der Waals surface area contributed by atoms with E-state index in [0.29, 0.717) is 48.6 Å². The standard InChI is InChI=1S/C15H20Cl2N4O2/c16-10-7-12(17)14(19-9-10)20-3-5-21(6-4-20)15(22)13-2-1-11(8-18)23-13/h7,9,11,13H,1-6,8,18H2/t11-,13+/m1/s1. The maximum absolute atomic E-state index is 12.5. The molecule has 23 heavy (non-hydrogen) atoms. The largest absolute Gasteiger partial charge is 0.364 e. The number of hydrogen-bond donors (Lipinski definition) is 1. The zero-order valence-electron chi connectivity index (χ0n) is 12.8. The highest BCUT2D eigenvalue weighted by atomic mass is 35.5. The van der Waals surface area contributed by atoms with Crippen molar-refractivity contribution in [3.8, 4) is 0 Å². The summed E-state index contributed by atoms with van der Waals surface area (Å²) in [6.07, 6.45) is 2.87. The molecule has 2 N–H and O–H groups in total. The Labute approximate surface area is 145 Å². The second-order valence-corrected chi connectivity index (χ2v) is 6.67. The van der Waals surface area contributed by atoms with Crippen LogP contribution in [0.4, 0.5) is 5.82 Å². The topological polar surface area (TPSA) is 71.7 Å². The van der Waals surface area contributed by atoms with E-state index >= 15 is 0 Å². The van der Waals surface area contributed by atoms with Gasteiger partial charge in [0.05, 0.1) is 16.1 Å². The van der Waals surface area contributed by atoms with E-state index in [1.165, 1.54) is 0 Å². The van der Waals surface area contributed by atoms with E-state index < -0.39 is 0 Å². The van der Waals surface area contributed by atoms with Crippen LogP contribution in [0.1, 0.15) is 12.8 Å². The maximum Gasteiger partial charge on any atom is 0.251 e. The Morgan fingerprint density at radius 3 is 2.65 bits per heavy atom. The molecule has 0 spiro atoms. The van der Waals surface area contributed by atoms with Crippen molar-refractivity contribution in [3.05, 3.63) is 22.3 Å². The highest BCUT2D eigenvalue weighted by molar-refractivity contribution is 6.36. The van der Waals surface area contributed by atoms with Crippen molar-refractivity contribution < 1.29 is 9.53 Å². The molecule has 2 saturated heterocycles. The van der Waals surface area contributed by atoms with Crippen molar-refractivity contribution in [2.24, 2.45) is 5.73 Å². The minimum Gasteiger partial charge on any atom is -0.364 e. The summed E-state index contributed by atoms with van der Waals surface area (Å²) < 4.78 is 5.69. The number of rotatable bonds is 3. The Kier molecular flexibility index (Phi) is 5.26. The van der Waals surface area contributed by atoms with E-state index in [1.807, 2.05) is 4.90 Å². The summed E-state index contributed by atoms with van der Waals surface area (Å²) in [5.41, 5.74) is 5.60. The molecule has 0 radical (unpaired) electrons. The first-order chi connectivity index (χ1) is 11.1. The van der Waals surface area contributed by atoms with Gasteiger partial charge in [0.25, 0.3) is 5.91 Å². The lowest BCUT2D eigenvalue weighted by atomic mass is 10.1. The minimum absolute atomic E-state index is 0.0160. The first-order valence-corrected chi connectivity index (χ1v) is 8.54. The number of nitrogens with two attached hydrogens (primary N) is 1. The predicted octanol–water partition coefficient (Wildman–Crippen LogP) is 1.54. The van der Waals surface area contributed by atoms with E-state index in [0.717, 1.165) is 12.8 Å². The van der Waals surface area contributed by atoms with E-state index in [4.69, 9.17) is 33.7 Å². The molecule has 8 heteroatoms. The van der Waals surface area contributed by atoms with Crippen molar-refractivity contribution in [2.45, 2.75) is 25.0 Å². The average Bonchev–Trinajstić information content (AvgIpc) is 3.03. The van der Waals surface area contributed by atoms with E-state index in [2.05, 4.69) is 9.88 Å². The first kappa shape index (κ1) is 16.8. The molecule has 3 rings (SSSR count). The average molecular weight is 359 g/mol. The molecular weight excluding hydrogens is 339 g/mol. The van der Waals surface area contributed by atoms with E-state index in [1.54, 1.807) is 12.3 Å². The number of amides is 1. The number of ether oxygens (including phenoxy) is 1. The monoisotopic (exact) mass is 358 g/mol. The van der Waals surface area contributed by atoms with Gasteiger partial charge in [-0.05, 0) is 18.9 Å². The zero-order valence-corrected chi connectivity index (χ0v) is 14.3. The molecule has 0 aliphatic carbocycles. The van der Waals surface area contributed by atoms with Gasteiger partial charge < -0.3 is 20.3 Å². The highest BCUT2D eigenvalue weighted by Gasteiger charge is 2.34. The smallest absolute Gasteiger partial charge is 0.251 e. The third-order valence-electron chi connectivity index (χ3n) is 4.33. The lowest BCUT2D eigenvalue weighted by Gasteiger charge is -2.36. The molecule has 0 bridgehead atoms. The summed E-state index contributed by atoms with van der Waals surface area (Å²) in [5.74, 6) is 0.777. The van der Waals surface area contributed by atoms with Gasteiger partial charge in [0, 0.05) is 38.9 Å². The van der Waals surface area contributed by atoms with Crippen LogP contribution >= 0.6 is 23.2 Å². The second kappa shape index (κ2) is 7.21. The molecule has 1 aromatic rings. The van der Waals surface area contributed by atoms with Crippen molar-refractivity contribution in [1.29, 1.82) is 0 Å². The third kappa shape index (κ3) is 3.71. The Morgan fingerprint density at radius 1 is 1.30 bits per heavy atom. The third-order valence-corrected chi connectivity index (χ3v) is 4.81. The molecule has 2 atom stereocenters. The Hall–Kier alpha value is -1.08. The second-order valence-electron chi connectivity index (χ2n) is 5.83. The molecular formula is C15H20Cl2N4O2. The normalized spacial score (nSPS) is 25.0. The van der Waals surface area contributed by atoms with Crippen LogP contribution < -0.4 is 10.6 Å². The fourth-order valence-electron chi connectivity index (χ4n) is 3.04. The number of carbonyl (C=O) groups excluding carboxylic acids is 1. The number of halogens is 2. The molecule has 1 amide bonds. The minimum atomic E-state index is -0.340. The van der Waals surface area contributed by atoms with Gasteiger partial charge in [0.2, 0.25) is 0 Å². The molecule has 126 valence electrons. The first-order valence-electron chi connectivity index (χ1n) is 7.79. The van der Waals surface area contributed by atoms with Gasteiger partial charge in [0.1, 0.15) is 11.9 Å². The predicted molar refractivity (Wildman–Crippen MR) is 90.0 cm³/mol. The molecule has 1 aromatic heterocycles. The lowest BCUT2D eigenvalue weighted by molar-refractivity contribution is -0.143. The van der Waals surface area contributed by atoms with Crippen LogP contribution in [0.15, 0.2) is 12.3 Å². The van der Waals surface area contributed by atoms with Gasteiger partial charge in [-0.2, -0.15) is 0 Å². The fraction of sp³-hybridized carbons (Fsp3) is 0.600. The van der Waals surface area contributed by atoms with E-state index in [-0.39, 0.29) is 18.1 Å². The quantitative estimate of drug-likeness (QED) is 0.887. The highest BCUT2D eigenvalue weighted by Crippen LogP contribution is 2.27. The van der Waals surface area contributed by atoms with Crippen molar-refractivity contribution in [3.63, 3.8) is 0 Å². The van der Waals surface area contributed by atoms with Gasteiger partial charge in [-0.3, -0.25) is 4.79 Å². The number of nitrogens with zero attached hydrogens (tertiary/aromatic N) is 3. The van der Waals surface area contributed by atoms with Crippen LogP contribution in [-0.4, -0.2) is 60.7 Å². The van der Waals surface area contributed by atoms with Crippen LogP contribution in [-0.2, 0) is 9.53 Å². The van der Waals surface area contributed by atoms with Gasteiger partial charge in [-0.1, -0.05) is 23.2 Å². The maximum atomic E-state index is 12.5. The summed E-state index contributed by atoms with van der Waals surface area (Å²) in [6, 6.07) is 1.68. The molecule has 2 fully saturated rings. The number of aromatic nitrogens is 1. The van der Waals surface area contributed by atoms with Gasteiger partial charge in [0.15, 0.2) is 0 Å². The summed E-state index contributed by atoms with van der Waals surface area (Å²) in [6.45, 7) is 3.11. The Morgan fingerprint density at radius 2 is 2.04 bits per heavy atom. The van der Waals surface area contributed by atoms with Crippen LogP contribution in [0.25, 0.3) is 0 Å². The van der Waals surface area contributed by atoms with Crippen LogP contribution in [0.2, 0.25) is 10.0 Å². The molecule has 3 heterocycles. The SMILES string of the molecule is NC[C@H]1CC[C@@H](C(=O)N2CCN(c3ncc(Cl)cc3Cl)CC2)O1. The van der Waals surface area contributed by atoms with Crippen LogP contribution in [0.5, 0.6) is 0 Å². The number of anilines is 1. The fourth-order valence-corrected chi connectivity index (χ4v) is 3.54. The Bertz CT molecular complexity index is 579. The summed E-state index contributed by atoms with van der Waals surface area (Å²) in [4.78, 5) is 20.7. The lowest BCUT2D eigenvalue weighted by Crippen LogP contribution is -2.51. The molecule has 0 aromatic carbocycles. The van der Waals surface area contributed by atoms with Crippen molar-refractivity contribution >= 4 is 34.9 Å².